The van der Waals surface area contributed by atoms with Gasteiger partial charge in [0.1, 0.15) is 0 Å². The summed E-state index contributed by atoms with van der Waals surface area (Å²) < 4.78 is 0. The SMILES string of the molecule is Cc1ccc(C(C)C)cc1CNCC1CCCN1. The van der Waals surface area contributed by atoms with Gasteiger partial charge in [-0.2, -0.15) is 0 Å². The largest absolute Gasteiger partial charge is 0.313 e. The smallest absolute Gasteiger partial charge is 0.0208 e. The van der Waals surface area contributed by atoms with Crippen LogP contribution in [0.1, 0.15) is 49.3 Å². The van der Waals surface area contributed by atoms with Gasteiger partial charge in [-0.05, 0) is 48.9 Å². The Morgan fingerprint density at radius 2 is 2.22 bits per heavy atom. The van der Waals surface area contributed by atoms with Gasteiger partial charge in [-0.1, -0.05) is 32.0 Å². The van der Waals surface area contributed by atoms with E-state index in [9.17, 15) is 0 Å². The molecule has 0 spiro atoms. The summed E-state index contributed by atoms with van der Waals surface area (Å²) in [5.74, 6) is 0.612. The van der Waals surface area contributed by atoms with Gasteiger partial charge < -0.3 is 10.6 Å². The number of benzene rings is 1. The van der Waals surface area contributed by atoms with Gasteiger partial charge in [0.25, 0.3) is 0 Å². The second-order valence-electron chi connectivity index (χ2n) is 5.76. The van der Waals surface area contributed by atoms with Crippen molar-refractivity contribution in [1.82, 2.24) is 10.6 Å². The van der Waals surface area contributed by atoms with Crippen molar-refractivity contribution in [3.05, 3.63) is 34.9 Å². The van der Waals surface area contributed by atoms with Gasteiger partial charge in [0.05, 0.1) is 0 Å². The third-order valence-electron chi connectivity index (χ3n) is 3.91. The maximum absolute atomic E-state index is 3.59. The highest BCUT2D eigenvalue weighted by atomic mass is 15.0. The van der Waals surface area contributed by atoms with Gasteiger partial charge in [-0.25, -0.2) is 0 Å². The van der Waals surface area contributed by atoms with E-state index in [-0.39, 0.29) is 0 Å². The molecule has 1 aromatic carbocycles. The van der Waals surface area contributed by atoms with E-state index >= 15 is 0 Å². The van der Waals surface area contributed by atoms with E-state index in [0.717, 1.165) is 13.1 Å². The number of nitrogens with one attached hydrogen (secondary N) is 2. The molecule has 0 aliphatic carbocycles. The first kappa shape index (κ1) is 13.6. The molecule has 0 aromatic heterocycles. The number of hydrogen-bond donors (Lipinski definition) is 2. The molecule has 1 atom stereocenters. The quantitative estimate of drug-likeness (QED) is 0.834. The average Bonchev–Trinajstić information content (AvgIpc) is 2.84. The molecule has 1 aliphatic heterocycles. The minimum Gasteiger partial charge on any atom is -0.313 e. The highest BCUT2D eigenvalue weighted by molar-refractivity contribution is 5.32. The molecular formula is C16H26N2. The highest BCUT2D eigenvalue weighted by Crippen LogP contribution is 2.18. The molecule has 0 saturated carbocycles. The Bertz CT molecular complexity index is 379. The van der Waals surface area contributed by atoms with Crippen LogP contribution in [0.3, 0.4) is 0 Å². The molecule has 2 rings (SSSR count). The lowest BCUT2D eigenvalue weighted by Crippen LogP contribution is -2.33. The lowest BCUT2D eigenvalue weighted by molar-refractivity contribution is 0.535. The van der Waals surface area contributed by atoms with Crippen LogP contribution >= 0.6 is 0 Å². The van der Waals surface area contributed by atoms with Crippen molar-refractivity contribution in [1.29, 1.82) is 0 Å². The molecular weight excluding hydrogens is 220 g/mol. The molecule has 2 heteroatoms. The zero-order valence-electron chi connectivity index (χ0n) is 11.9. The Hall–Kier alpha value is -0.860. The van der Waals surface area contributed by atoms with Crippen molar-refractivity contribution >= 4 is 0 Å². The molecule has 0 radical (unpaired) electrons. The molecule has 1 aromatic rings. The predicted octanol–water partition coefficient (Wildman–Crippen LogP) is 2.96. The van der Waals surface area contributed by atoms with Crippen LogP contribution in [-0.4, -0.2) is 19.1 Å². The van der Waals surface area contributed by atoms with Crippen LogP contribution in [0.4, 0.5) is 0 Å². The second kappa shape index (κ2) is 6.35. The third-order valence-corrected chi connectivity index (χ3v) is 3.91. The third kappa shape index (κ3) is 3.56. The molecule has 2 nitrogen and oxygen atoms in total. The summed E-state index contributed by atoms with van der Waals surface area (Å²) >= 11 is 0. The molecule has 0 bridgehead atoms. The first-order valence-electron chi connectivity index (χ1n) is 7.20. The Kier molecular flexibility index (Phi) is 4.79. The van der Waals surface area contributed by atoms with Crippen LogP contribution < -0.4 is 10.6 Å². The second-order valence-corrected chi connectivity index (χ2v) is 5.76. The summed E-state index contributed by atoms with van der Waals surface area (Å²) in [5, 5.41) is 7.11. The van der Waals surface area contributed by atoms with Gasteiger partial charge in [-0.3, -0.25) is 0 Å². The topological polar surface area (TPSA) is 24.1 Å². The standard InChI is InChI=1S/C16H26N2/c1-12(2)14-7-6-13(3)15(9-14)10-17-11-16-5-4-8-18-16/h6-7,9,12,16-18H,4-5,8,10-11H2,1-3H3. The molecule has 1 unspecified atom stereocenters. The van der Waals surface area contributed by atoms with Crippen molar-refractivity contribution in [2.45, 2.75) is 52.1 Å². The fraction of sp³-hybridized carbons (Fsp3) is 0.625. The van der Waals surface area contributed by atoms with Crippen LogP contribution in [0.2, 0.25) is 0 Å². The van der Waals surface area contributed by atoms with E-state index in [0.29, 0.717) is 12.0 Å². The van der Waals surface area contributed by atoms with Crippen LogP contribution in [0, 0.1) is 6.92 Å². The van der Waals surface area contributed by atoms with Gasteiger partial charge in [0, 0.05) is 19.1 Å². The van der Waals surface area contributed by atoms with E-state index in [1.54, 1.807) is 0 Å². The molecule has 1 heterocycles. The summed E-state index contributed by atoms with van der Waals surface area (Å²) in [7, 11) is 0. The van der Waals surface area contributed by atoms with E-state index in [1.165, 1.54) is 36.1 Å². The Balaban J connectivity index is 1.89. The van der Waals surface area contributed by atoms with Crippen LogP contribution in [0.5, 0.6) is 0 Å². The van der Waals surface area contributed by atoms with Crippen molar-refractivity contribution in [2.24, 2.45) is 0 Å². The Labute approximate surface area is 111 Å². The maximum Gasteiger partial charge on any atom is 0.0208 e. The Morgan fingerprint density at radius 1 is 1.39 bits per heavy atom. The van der Waals surface area contributed by atoms with Crippen LogP contribution in [-0.2, 0) is 6.54 Å². The van der Waals surface area contributed by atoms with Gasteiger partial charge in [0.2, 0.25) is 0 Å². The summed E-state index contributed by atoms with van der Waals surface area (Å²) in [6, 6.07) is 7.54. The highest BCUT2D eigenvalue weighted by Gasteiger charge is 2.13. The summed E-state index contributed by atoms with van der Waals surface area (Å²) in [6.07, 6.45) is 2.65. The fourth-order valence-corrected chi connectivity index (χ4v) is 2.55. The average molecular weight is 246 g/mol. The minimum absolute atomic E-state index is 0.612. The van der Waals surface area contributed by atoms with Gasteiger partial charge in [-0.15, -0.1) is 0 Å². The van der Waals surface area contributed by atoms with E-state index < -0.39 is 0 Å². The zero-order chi connectivity index (χ0) is 13.0. The summed E-state index contributed by atoms with van der Waals surface area (Å²) in [5.41, 5.74) is 4.28. The first-order chi connectivity index (χ1) is 8.66. The van der Waals surface area contributed by atoms with Crippen LogP contribution in [0.25, 0.3) is 0 Å². The number of aryl methyl sites for hydroxylation is 1. The lowest BCUT2D eigenvalue weighted by atomic mass is 9.98. The minimum atomic E-state index is 0.612. The van der Waals surface area contributed by atoms with Gasteiger partial charge >= 0.3 is 0 Å². The molecule has 1 fully saturated rings. The lowest BCUT2D eigenvalue weighted by Gasteiger charge is -2.14. The molecule has 18 heavy (non-hydrogen) atoms. The summed E-state index contributed by atoms with van der Waals surface area (Å²) in [4.78, 5) is 0. The van der Waals surface area contributed by atoms with E-state index in [2.05, 4.69) is 49.6 Å². The van der Waals surface area contributed by atoms with Gasteiger partial charge in [0.15, 0.2) is 0 Å². The normalized spacial score (nSPS) is 19.7. The monoisotopic (exact) mass is 246 g/mol. The Morgan fingerprint density at radius 3 is 2.89 bits per heavy atom. The first-order valence-corrected chi connectivity index (χ1v) is 7.20. The van der Waals surface area contributed by atoms with Crippen molar-refractivity contribution in [3.63, 3.8) is 0 Å². The predicted molar refractivity (Wildman–Crippen MR) is 78.0 cm³/mol. The van der Waals surface area contributed by atoms with Crippen molar-refractivity contribution in [3.8, 4) is 0 Å². The summed E-state index contributed by atoms with van der Waals surface area (Å²) in [6.45, 7) is 9.98. The van der Waals surface area contributed by atoms with Crippen molar-refractivity contribution in [2.75, 3.05) is 13.1 Å². The molecule has 100 valence electrons. The molecule has 2 N–H and O–H groups in total. The maximum atomic E-state index is 3.59. The molecule has 1 saturated heterocycles. The number of rotatable bonds is 5. The van der Waals surface area contributed by atoms with Crippen LogP contribution in [0.15, 0.2) is 18.2 Å². The fourth-order valence-electron chi connectivity index (χ4n) is 2.55. The molecule has 0 amide bonds. The zero-order valence-corrected chi connectivity index (χ0v) is 11.9. The van der Waals surface area contributed by atoms with E-state index in [4.69, 9.17) is 0 Å². The van der Waals surface area contributed by atoms with E-state index in [1.807, 2.05) is 0 Å². The molecule has 1 aliphatic rings. The van der Waals surface area contributed by atoms with Crippen molar-refractivity contribution < 1.29 is 0 Å². The number of hydrogen-bond acceptors (Lipinski definition) is 2.